The fraction of sp³-hybridized carbons (Fsp3) is 0.316. The predicted octanol–water partition coefficient (Wildman–Crippen LogP) is 3.62. The average molecular weight is 379 g/mol. The Morgan fingerprint density at radius 2 is 1.88 bits per heavy atom. The first-order chi connectivity index (χ1) is 12.1. The topological polar surface area (TPSA) is 41.6 Å². The highest BCUT2D eigenvalue weighted by Crippen LogP contribution is 2.19. The average Bonchev–Trinajstić information content (AvgIpc) is 2.60. The van der Waals surface area contributed by atoms with Gasteiger partial charge in [0, 0.05) is 41.8 Å². The Morgan fingerprint density at radius 1 is 1.16 bits per heavy atom. The van der Waals surface area contributed by atoms with Gasteiger partial charge in [0.2, 0.25) is 0 Å². The number of halogens is 2. The second kappa shape index (κ2) is 8.68. The summed E-state index contributed by atoms with van der Waals surface area (Å²) in [5.74, 6) is -0.201. The molecule has 1 saturated heterocycles. The molecule has 2 aromatic carbocycles. The summed E-state index contributed by atoms with van der Waals surface area (Å²) in [7, 11) is 0. The minimum Gasteiger partial charge on any atom is -0.374 e. The lowest BCUT2D eigenvalue weighted by Gasteiger charge is -2.33. The second-order valence-electron chi connectivity index (χ2n) is 6.08. The van der Waals surface area contributed by atoms with Gasteiger partial charge in [-0.1, -0.05) is 53.5 Å². The van der Waals surface area contributed by atoms with Crippen LogP contribution in [0.4, 0.5) is 0 Å². The molecule has 1 heterocycles. The van der Waals surface area contributed by atoms with Crippen molar-refractivity contribution in [2.24, 2.45) is 0 Å². The van der Waals surface area contributed by atoms with E-state index in [9.17, 15) is 4.79 Å². The Morgan fingerprint density at radius 3 is 2.60 bits per heavy atom. The van der Waals surface area contributed by atoms with E-state index in [2.05, 4.69) is 22.3 Å². The van der Waals surface area contributed by atoms with Crippen molar-refractivity contribution in [3.8, 4) is 0 Å². The van der Waals surface area contributed by atoms with E-state index in [-0.39, 0.29) is 12.0 Å². The maximum absolute atomic E-state index is 12.3. The zero-order valence-electron chi connectivity index (χ0n) is 13.8. The van der Waals surface area contributed by atoms with Crippen LogP contribution in [0.5, 0.6) is 0 Å². The zero-order valence-corrected chi connectivity index (χ0v) is 15.3. The van der Waals surface area contributed by atoms with Crippen LogP contribution in [0.25, 0.3) is 0 Å². The number of amides is 1. The molecule has 25 heavy (non-hydrogen) atoms. The normalized spacial score (nSPS) is 18.1. The molecule has 0 bridgehead atoms. The van der Waals surface area contributed by atoms with Crippen LogP contribution in [-0.4, -0.2) is 43.2 Å². The summed E-state index contributed by atoms with van der Waals surface area (Å²) in [6, 6.07) is 15.2. The Kier molecular flexibility index (Phi) is 6.32. The van der Waals surface area contributed by atoms with Crippen molar-refractivity contribution in [3.63, 3.8) is 0 Å². The molecule has 2 aromatic rings. The quantitative estimate of drug-likeness (QED) is 0.863. The van der Waals surface area contributed by atoms with E-state index in [1.807, 2.05) is 18.2 Å². The SMILES string of the molecule is O=C(NC[C@H]1CN(Cc2ccccc2)CCO1)c1cc(Cl)cc(Cl)c1. The number of ether oxygens (including phenoxy) is 1. The van der Waals surface area contributed by atoms with Gasteiger partial charge in [-0.2, -0.15) is 0 Å². The van der Waals surface area contributed by atoms with Crippen LogP contribution in [0.1, 0.15) is 15.9 Å². The van der Waals surface area contributed by atoms with E-state index in [4.69, 9.17) is 27.9 Å². The number of rotatable bonds is 5. The Balaban J connectivity index is 1.51. The fourth-order valence-electron chi connectivity index (χ4n) is 2.88. The maximum Gasteiger partial charge on any atom is 0.251 e. The van der Waals surface area contributed by atoms with Crippen LogP contribution in [-0.2, 0) is 11.3 Å². The van der Waals surface area contributed by atoms with E-state index in [1.165, 1.54) is 5.56 Å². The highest BCUT2D eigenvalue weighted by atomic mass is 35.5. The molecule has 1 N–H and O–H groups in total. The van der Waals surface area contributed by atoms with Crippen LogP contribution in [0, 0.1) is 0 Å². The third kappa shape index (κ3) is 5.44. The molecule has 0 saturated carbocycles. The van der Waals surface area contributed by atoms with Crippen LogP contribution in [0.3, 0.4) is 0 Å². The van der Waals surface area contributed by atoms with E-state index in [0.29, 0.717) is 28.8 Å². The van der Waals surface area contributed by atoms with Gasteiger partial charge < -0.3 is 10.1 Å². The molecule has 1 atom stereocenters. The molecule has 3 rings (SSSR count). The van der Waals surface area contributed by atoms with Gasteiger partial charge in [-0.25, -0.2) is 0 Å². The lowest BCUT2D eigenvalue weighted by atomic mass is 10.2. The minimum atomic E-state index is -0.201. The van der Waals surface area contributed by atoms with Gasteiger partial charge in [-0.3, -0.25) is 9.69 Å². The van der Waals surface area contributed by atoms with Crippen LogP contribution in [0.2, 0.25) is 10.0 Å². The Bertz CT molecular complexity index is 704. The smallest absolute Gasteiger partial charge is 0.251 e. The summed E-state index contributed by atoms with van der Waals surface area (Å²) >= 11 is 11.9. The predicted molar refractivity (Wildman–Crippen MR) is 100 cm³/mol. The Labute approximate surface area is 157 Å². The standard InChI is InChI=1S/C19H20Cl2N2O2/c20-16-8-15(9-17(21)10-16)19(24)22-11-18-13-23(6-7-25-18)12-14-4-2-1-3-5-14/h1-5,8-10,18H,6-7,11-13H2,(H,22,24)/t18-/m0/s1. The fourth-order valence-corrected chi connectivity index (χ4v) is 3.41. The number of morpholine rings is 1. The largest absolute Gasteiger partial charge is 0.374 e. The van der Waals surface area contributed by atoms with Gasteiger partial charge in [-0.15, -0.1) is 0 Å². The molecule has 0 aromatic heterocycles. The summed E-state index contributed by atoms with van der Waals surface area (Å²) in [6.45, 7) is 3.68. The number of hydrogen-bond donors (Lipinski definition) is 1. The molecule has 1 amide bonds. The van der Waals surface area contributed by atoms with Gasteiger partial charge in [-0.05, 0) is 23.8 Å². The molecule has 0 unspecified atom stereocenters. The molecule has 4 nitrogen and oxygen atoms in total. The number of carbonyl (C=O) groups is 1. The van der Waals surface area contributed by atoms with Gasteiger partial charge in [0.1, 0.15) is 0 Å². The van der Waals surface area contributed by atoms with Gasteiger partial charge in [0.25, 0.3) is 5.91 Å². The van der Waals surface area contributed by atoms with Crippen LogP contribution in [0.15, 0.2) is 48.5 Å². The third-order valence-electron chi connectivity index (χ3n) is 4.09. The third-order valence-corrected chi connectivity index (χ3v) is 4.52. The summed E-state index contributed by atoms with van der Waals surface area (Å²) in [6.07, 6.45) is -0.0314. The van der Waals surface area contributed by atoms with Crippen molar-refractivity contribution in [3.05, 3.63) is 69.7 Å². The molecule has 0 aliphatic carbocycles. The van der Waals surface area contributed by atoms with Crippen LogP contribution >= 0.6 is 23.2 Å². The first kappa shape index (κ1) is 18.2. The highest BCUT2D eigenvalue weighted by Gasteiger charge is 2.21. The van der Waals surface area contributed by atoms with Crippen molar-refractivity contribution in [2.45, 2.75) is 12.6 Å². The molecule has 0 radical (unpaired) electrons. The molecule has 1 aliphatic heterocycles. The number of nitrogens with one attached hydrogen (secondary N) is 1. The maximum atomic E-state index is 12.3. The highest BCUT2D eigenvalue weighted by molar-refractivity contribution is 6.35. The van der Waals surface area contributed by atoms with Crippen LogP contribution < -0.4 is 5.32 Å². The first-order valence-electron chi connectivity index (χ1n) is 8.22. The summed E-state index contributed by atoms with van der Waals surface area (Å²) in [5, 5.41) is 3.79. The summed E-state index contributed by atoms with van der Waals surface area (Å²) < 4.78 is 5.77. The molecular formula is C19H20Cl2N2O2. The van der Waals surface area contributed by atoms with Crippen molar-refractivity contribution >= 4 is 29.1 Å². The first-order valence-corrected chi connectivity index (χ1v) is 8.98. The van der Waals surface area contributed by atoms with Crippen molar-refractivity contribution < 1.29 is 9.53 Å². The number of benzene rings is 2. The number of hydrogen-bond acceptors (Lipinski definition) is 3. The van der Waals surface area contributed by atoms with Gasteiger partial charge in [0.15, 0.2) is 0 Å². The van der Waals surface area contributed by atoms with Crippen molar-refractivity contribution in [1.29, 1.82) is 0 Å². The van der Waals surface area contributed by atoms with Gasteiger partial charge >= 0.3 is 0 Å². The zero-order chi connectivity index (χ0) is 17.6. The molecule has 1 fully saturated rings. The van der Waals surface area contributed by atoms with Crippen molar-refractivity contribution in [2.75, 3.05) is 26.2 Å². The number of nitrogens with zero attached hydrogens (tertiary/aromatic N) is 1. The minimum absolute atomic E-state index is 0.0314. The molecule has 0 spiro atoms. The summed E-state index contributed by atoms with van der Waals surface area (Å²) in [4.78, 5) is 14.6. The summed E-state index contributed by atoms with van der Waals surface area (Å²) in [5.41, 5.74) is 1.73. The monoisotopic (exact) mass is 378 g/mol. The van der Waals surface area contributed by atoms with E-state index in [0.717, 1.165) is 19.6 Å². The lowest BCUT2D eigenvalue weighted by molar-refractivity contribution is -0.0292. The van der Waals surface area contributed by atoms with E-state index < -0.39 is 0 Å². The number of carbonyl (C=O) groups excluding carboxylic acids is 1. The molecular weight excluding hydrogens is 359 g/mol. The second-order valence-corrected chi connectivity index (χ2v) is 6.95. The molecule has 1 aliphatic rings. The van der Waals surface area contributed by atoms with Crippen molar-refractivity contribution in [1.82, 2.24) is 10.2 Å². The van der Waals surface area contributed by atoms with E-state index >= 15 is 0 Å². The lowest BCUT2D eigenvalue weighted by Crippen LogP contribution is -2.47. The Hall–Kier alpha value is -1.59. The van der Waals surface area contributed by atoms with E-state index in [1.54, 1.807) is 18.2 Å². The van der Waals surface area contributed by atoms with Gasteiger partial charge in [0.05, 0.1) is 12.7 Å². The molecule has 132 valence electrons. The molecule has 6 heteroatoms.